The third-order valence-electron chi connectivity index (χ3n) is 4.90. The molecular formula is C17H24ClN3O2. The summed E-state index contributed by atoms with van der Waals surface area (Å²) in [5.41, 5.74) is 6.53. The van der Waals surface area contributed by atoms with Gasteiger partial charge in [-0.05, 0) is 49.8 Å². The number of carbonyl (C=O) groups excluding carboxylic acids is 1. The van der Waals surface area contributed by atoms with Gasteiger partial charge in [-0.3, -0.25) is 15.6 Å². The zero-order valence-electron chi connectivity index (χ0n) is 13.5. The van der Waals surface area contributed by atoms with Crippen LogP contribution >= 0.6 is 11.6 Å². The first-order valence-corrected chi connectivity index (χ1v) is 8.61. The van der Waals surface area contributed by atoms with E-state index in [0.717, 1.165) is 19.4 Å². The number of nitrogens with one attached hydrogen (secondary N) is 3. The van der Waals surface area contributed by atoms with Crippen LogP contribution in [0.4, 0.5) is 0 Å². The summed E-state index contributed by atoms with van der Waals surface area (Å²) in [6.07, 6.45) is 1.53. The van der Waals surface area contributed by atoms with Gasteiger partial charge in [-0.1, -0.05) is 24.6 Å². The fourth-order valence-electron chi connectivity index (χ4n) is 3.53. The minimum atomic E-state index is -0.548. The van der Waals surface area contributed by atoms with Gasteiger partial charge < -0.3 is 10.1 Å². The lowest BCUT2D eigenvalue weighted by molar-refractivity contribution is -0.128. The second-order valence-corrected chi connectivity index (χ2v) is 7.11. The first kappa shape index (κ1) is 16.6. The van der Waals surface area contributed by atoms with Crippen molar-refractivity contribution in [2.75, 3.05) is 6.54 Å². The molecule has 1 aromatic rings. The van der Waals surface area contributed by atoms with E-state index < -0.39 is 6.10 Å². The predicted molar refractivity (Wildman–Crippen MR) is 90.3 cm³/mol. The van der Waals surface area contributed by atoms with Crippen LogP contribution in [0.2, 0.25) is 5.02 Å². The predicted octanol–water partition coefficient (Wildman–Crippen LogP) is 2.11. The first-order chi connectivity index (χ1) is 11.0. The lowest BCUT2D eigenvalue weighted by atomic mass is 9.76. The molecule has 5 unspecified atom stereocenters. The summed E-state index contributed by atoms with van der Waals surface area (Å²) in [5.74, 6) is 1.67. The van der Waals surface area contributed by atoms with Gasteiger partial charge in [-0.15, -0.1) is 0 Å². The average Bonchev–Trinajstić information content (AvgIpc) is 2.94. The highest BCUT2D eigenvalue weighted by molar-refractivity contribution is 6.30. The summed E-state index contributed by atoms with van der Waals surface area (Å²) in [4.78, 5) is 12.4. The molecule has 1 saturated carbocycles. The summed E-state index contributed by atoms with van der Waals surface area (Å²) >= 11 is 5.94. The lowest BCUT2D eigenvalue weighted by Gasteiger charge is -2.36. The SMILES string of the molecule is CC(Oc1cccc(Cl)c1)C(=O)NC1CC2NNCC2CC1C. The van der Waals surface area contributed by atoms with Crippen molar-refractivity contribution in [2.24, 2.45) is 11.8 Å². The van der Waals surface area contributed by atoms with Crippen molar-refractivity contribution in [2.45, 2.75) is 44.9 Å². The van der Waals surface area contributed by atoms with E-state index in [1.165, 1.54) is 0 Å². The largest absolute Gasteiger partial charge is 0.481 e. The highest BCUT2D eigenvalue weighted by Gasteiger charge is 2.38. The maximum atomic E-state index is 12.4. The molecule has 3 rings (SSSR count). The zero-order chi connectivity index (χ0) is 16.4. The molecule has 5 nitrogen and oxygen atoms in total. The quantitative estimate of drug-likeness (QED) is 0.787. The standard InChI is InChI=1S/C17H24ClN3O2/c1-10-6-12-9-19-21-16(12)8-15(10)20-17(22)11(2)23-14-5-3-4-13(18)7-14/h3-5,7,10-12,15-16,19,21H,6,8-9H2,1-2H3,(H,20,22). The van der Waals surface area contributed by atoms with Gasteiger partial charge in [0.2, 0.25) is 0 Å². The molecule has 1 saturated heterocycles. The Morgan fingerprint density at radius 1 is 1.43 bits per heavy atom. The molecule has 0 bridgehead atoms. The van der Waals surface area contributed by atoms with Crippen molar-refractivity contribution in [1.29, 1.82) is 0 Å². The molecular weight excluding hydrogens is 314 g/mol. The summed E-state index contributed by atoms with van der Waals surface area (Å²) in [5, 5.41) is 3.75. The molecule has 2 fully saturated rings. The second-order valence-electron chi connectivity index (χ2n) is 6.67. The normalized spacial score (nSPS) is 31.3. The Kier molecular flexibility index (Phi) is 5.09. The number of amides is 1. The smallest absolute Gasteiger partial charge is 0.261 e. The molecule has 0 radical (unpaired) electrons. The van der Waals surface area contributed by atoms with Crippen LogP contribution in [0.3, 0.4) is 0 Å². The Labute approximate surface area is 142 Å². The number of hydrazine groups is 1. The maximum absolute atomic E-state index is 12.4. The number of hydrogen-bond acceptors (Lipinski definition) is 4. The Morgan fingerprint density at radius 2 is 2.26 bits per heavy atom. The van der Waals surface area contributed by atoms with Gasteiger partial charge in [-0.25, -0.2) is 0 Å². The molecule has 0 spiro atoms. The van der Waals surface area contributed by atoms with Gasteiger partial charge in [0.05, 0.1) is 0 Å². The average molecular weight is 338 g/mol. The molecule has 6 heteroatoms. The lowest BCUT2D eigenvalue weighted by Crippen LogP contribution is -2.51. The van der Waals surface area contributed by atoms with Crippen LogP contribution < -0.4 is 20.9 Å². The molecule has 0 aromatic heterocycles. The van der Waals surface area contributed by atoms with E-state index in [0.29, 0.717) is 28.6 Å². The fraction of sp³-hybridized carbons (Fsp3) is 0.588. The topological polar surface area (TPSA) is 62.4 Å². The van der Waals surface area contributed by atoms with Crippen molar-refractivity contribution >= 4 is 17.5 Å². The van der Waals surface area contributed by atoms with E-state index in [4.69, 9.17) is 16.3 Å². The zero-order valence-corrected chi connectivity index (χ0v) is 14.3. The van der Waals surface area contributed by atoms with E-state index in [2.05, 4.69) is 23.1 Å². The van der Waals surface area contributed by atoms with E-state index in [1.54, 1.807) is 25.1 Å². The van der Waals surface area contributed by atoms with Gasteiger partial charge in [0.15, 0.2) is 6.10 Å². The number of carbonyl (C=O) groups is 1. The molecule has 1 aliphatic carbocycles. The third kappa shape index (κ3) is 3.97. The minimum absolute atomic E-state index is 0.0776. The van der Waals surface area contributed by atoms with Gasteiger partial charge >= 0.3 is 0 Å². The highest BCUT2D eigenvalue weighted by atomic mass is 35.5. The third-order valence-corrected chi connectivity index (χ3v) is 5.13. The summed E-state index contributed by atoms with van der Waals surface area (Å²) in [6, 6.07) is 7.74. The van der Waals surface area contributed by atoms with Crippen molar-refractivity contribution < 1.29 is 9.53 Å². The molecule has 5 atom stereocenters. The van der Waals surface area contributed by atoms with Crippen molar-refractivity contribution in [1.82, 2.24) is 16.2 Å². The number of benzene rings is 1. The van der Waals surface area contributed by atoms with Crippen LogP contribution in [0.25, 0.3) is 0 Å². The van der Waals surface area contributed by atoms with E-state index >= 15 is 0 Å². The number of fused-ring (bicyclic) bond motifs is 1. The van der Waals surface area contributed by atoms with Gasteiger partial charge in [0.25, 0.3) is 5.91 Å². The van der Waals surface area contributed by atoms with Crippen LogP contribution in [-0.2, 0) is 4.79 Å². The Bertz CT molecular complexity index is 569. The first-order valence-electron chi connectivity index (χ1n) is 8.24. The second kappa shape index (κ2) is 7.07. The molecule has 3 N–H and O–H groups in total. The van der Waals surface area contributed by atoms with Crippen molar-refractivity contribution in [3.05, 3.63) is 29.3 Å². The van der Waals surface area contributed by atoms with Crippen LogP contribution in [0.1, 0.15) is 26.7 Å². The van der Waals surface area contributed by atoms with Gasteiger partial charge in [-0.2, -0.15) is 0 Å². The molecule has 23 heavy (non-hydrogen) atoms. The molecule has 1 aliphatic heterocycles. The summed E-state index contributed by atoms with van der Waals surface area (Å²) in [6.45, 7) is 4.99. The van der Waals surface area contributed by atoms with E-state index in [9.17, 15) is 4.79 Å². The molecule has 1 heterocycles. The molecule has 1 aromatic carbocycles. The highest BCUT2D eigenvalue weighted by Crippen LogP contribution is 2.31. The summed E-state index contributed by atoms with van der Waals surface area (Å²) in [7, 11) is 0. The van der Waals surface area contributed by atoms with Crippen LogP contribution in [0, 0.1) is 11.8 Å². The van der Waals surface area contributed by atoms with Crippen molar-refractivity contribution in [3.63, 3.8) is 0 Å². The van der Waals surface area contributed by atoms with Gasteiger partial charge in [0, 0.05) is 23.7 Å². The Morgan fingerprint density at radius 3 is 3.04 bits per heavy atom. The summed E-state index contributed by atoms with van der Waals surface area (Å²) < 4.78 is 5.70. The number of rotatable bonds is 4. The molecule has 126 valence electrons. The number of halogens is 1. The van der Waals surface area contributed by atoms with E-state index in [-0.39, 0.29) is 11.9 Å². The van der Waals surface area contributed by atoms with E-state index in [1.807, 2.05) is 6.07 Å². The number of hydrogen-bond donors (Lipinski definition) is 3. The molecule has 1 amide bonds. The minimum Gasteiger partial charge on any atom is -0.481 e. The monoisotopic (exact) mass is 337 g/mol. The van der Waals surface area contributed by atoms with Crippen LogP contribution in [-0.4, -0.2) is 30.6 Å². The van der Waals surface area contributed by atoms with Crippen LogP contribution in [0.15, 0.2) is 24.3 Å². The maximum Gasteiger partial charge on any atom is 0.261 e. The Balaban J connectivity index is 1.55. The Hall–Kier alpha value is -1.30. The van der Waals surface area contributed by atoms with Crippen molar-refractivity contribution in [3.8, 4) is 5.75 Å². The number of ether oxygens (including phenoxy) is 1. The fourth-order valence-corrected chi connectivity index (χ4v) is 3.71. The van der Waals surface area contributed by atoms with Crippen LogP contribution in [0.5, 0.6) is 5.75 Å². The van der Waals surface area contributed by atoms with Gasteiger partial charge in [0.1, 0.15) is 5.75 Å². The molecule has 2 aliphatic rings.